The molecule has 0 unspecified atom stereocenters. The van der Waals surface area contributed by atoms with E-state index >= 15 is 0 Å². The molecule has 0 aliphatic carbocycles. The SMILES string of the molecule is COc1cc(/C=N/NC(=O)Cn2c3ccccc3c(=O)c3ccccc32)ccc1OCc1ccccc1. The van der Waals surface area contributed by atoms with Gasteiger partial charge in [-0.25, -0.2) is 5.43 Å². The van der Waals surface area contributed by atoms with Gasteiger partial charge in [0, 0.05) is 10.8 Å². The van der Waals surface area contributed by atoms with Crippen molar-refractivity contribution in [2.24, 2.45) is 5.10 Å². The zero-order valence-corrected chi connectivity index (χ0v) is 20.3. The number of nitrogens with zero attached hydrogens (tertiary/aromatic N) is 2. The highest BCUT2D eigenvalue weighted by Crippen LogP contribution is 2.28. The Hall–Kier alpha value is -4.91. The van der Waals surface area contributed by atoms with Crippen LogP contribution in [0, 0.1) is 0 Å². The number of methoxy groups -OCH3 is 1. The molecule has 5 rings (SSSR count). The fraction of sp³-hybridized carbons (Fsp3) is 0.100. The zero-order valence-electron chi connectivity index (χ0n) is 20.3. The molecule has 4 aromatic carbocycles. The van der Waals surface area contributed by atoms with Gasteiger partial charge in [0.25, 0.3) is 5.91 Å². The third-order valence-corrected chi connectivity index (χ3v) is 6.01. The predicted molar refractivity (Wildman–Crippen MR) is 145 cm³/mol. The van der Waals surface area contributed by atoms with Crippen molar-refractivity contribution in [2.75, 3.05) is 7.11 Å². The van der Waals surface area contributed by atoms with E-state index in [1.807, 2.05) is 83.4 Å². The molecule has 0 atom stereocenters. The van der Waals surface area contributed by atoms with E-state index in [4.69, 9.17) is 9.47 Å². The summed E-state index contributed by atoms with van der Waals surface area (Å²) in [5, 5.41) is 5.26. The zero-order chi connectivity index (χ0) is 25.6. The van der Waals surface area contributed by atoms with Gasteiger partial charge in [0.05, 0.1) is 24.4 Å². The quantitative estimate of drug-likeness (QED) is 0.190. The third kappa shape index (κ3) is 5.21. The lowest BCUT2D eigenvalue weighted by Gasteiger charge is -2.14. The summed E-state index contributed by atoms with van der Waals surface area (Å²) >= 11 is 0. The number of nitrogens with one attached hydrogen (secondary N) is 1. The van der Waals surface area contributed by atoms with Gasteiger partial charge in [-0.05, 0) is 53.6 Å². The first kappa shape index (κ1) is 23.8. The molecule has 1 amide bonds. The largest absolute Gasteiger partial charge is 0.493 e. The molecule has 7 heteroatoms. The summed E-state index contributed by atoms with van der Waals surface area (Å²) in [4.78, 5) is 25.7. The van der Waals surface area contributed by atoms with Crippen LogP contribution in [0.1, 0.15) is 11.1 Å². The van der Waals surface area contributed by atoms with Gasteiger partial charge in [0.1, 0.15) is 13.2 Å². The van der Waals surface area contributed by atoms with Crippen molar-refractivity contribution in [3.63, 3.8) is 0 Å². The second-order valence-corrected chi connectivity index (χ2v) is 8.43. The molecule has 0 saturated carbocycles. The van der Waals surface area contributed by atoms with Crippen LogP contribution in [0.4, 0.5) is 0 Å². The smallest absolute Gasteiger partial charge is 0.260 e. The number of hydrogen-bond donors (Lipinski definition) is 1. The van der Waals surface area contributed by atoms with Crippen molar-refractivity contribution >= 4 is 33.9 Å². The minimum atomic E-state index is -0.315. The van der Waals surface area contributed by atoms with Gasteiger partial charge < -0.3 is 14.0 Å². The number of aromatic nitrogens is 1. The fourth-order valence-corrected chi connectivity index (χ4v) is 4.22. The van der Waals surface area contributed by atoms with Crippen molar-refractivity contribution in [1.29, 1.82) is 0 Å². The molecule has 0 aliphatic heterocycles. The summed E-state index contributed by atoms with van der Waals surface area (Å²) in [5.41, 5.74) is 5.72. The van der Waals surface area contributed by atoms with Gasteiger partial charge in [-0.15, -0.1) is 0 Å². The number of fused-ring (bicyclic) bond motifs is 2. The number of hydrazone groups is 1. The Labute approximate surface area is 213 Å². The molecule has 0 spiro atoms. The minimum Gasteiger partial charge on any atom is -0.493 e. The van der Waals surface area contributed by atoms with Crippen LogP contribution < -0.4 is 20.3 Å². The van der Waals surface area contributed by atoms with E-state index in [-0.39, 0.29) is 17.9 Å². The molecular weight excluding hydrogens is 466 g/mol. The van der Waals surface area contributed by atoms with Gasteiger partial charge in [0.2, 0.25) is 0 Å². The summed E-state index contributed by atoms with van der Waals surface area (Å²) < 4.78 is 13.2. The molecule has 37 heavy (non-hydrogen) atoms. The molecule has 7 nitrogen and oxygen atoms in total. The number of pyridine rings is 1. The van der Waals surface area contributed by atoms with E-state index in [0.717, 1.165) is 11.1 Å². The first-order valence-corrected chi connectivity index (χ1v) is 11.8. The van der Waals surface area contributed by atoms with Crippen LogP contribution in [0.15, 0.2) is 107 Å². The van der Waals surface area contributed by atoms with E-state index in [1.165, 1.54) is 0 Å². The maximum atomic E-state index is 12.9. The Morgan fingerprint density at radius 2 is 1.51 bits per heavy atom. The molecule has 0 aliphatic rings. The molecule has 0 radical (unpaired) electrons. The Morgan fingerprint density at radius 1 is 0.865 bits per heavy atom. The summed E-state index contributed by atoms with van der Waals surface area (Å²) in [5.74, 6) is 0.868. The molecule has 0 fully saturated rings. The predicted octanol–water partition coefficient (Wildman–Crippen LogP) is 4.89. The van der Waals surface area contributed by atoms with Crippen LogP contribution in [-0.4, -0.2) is 23.8 Å². The lowest BCUT2D eigenvalue weighted by molar-refractivity contribution is -0.121. The molecule has 184 valence electrons. The summed E-state index contributed by atoms with van der Waals surface area (Å²) in [6.45, 7) is 0.434. The number of carbonyl (C=O) groups is 1. The lowest BCUT2D eigenvalue weighted by atomic mass is 10.1. The van der Waals surface area contributed by atoms with Crippen LogP contribution in [0.2, 0.25) is 0 Å². The van der Waals surface area contributed by atoms with E-state index in [9.17, 15) is 9.59 Å². The molecule has 0 saturated heterocycles. The lowest BCUT2D eigenvalue weighted by Crippen LogP contribution is -2.25. The third-order valence-electron chi connectivity index (χ3n) is 6.01. The van der Waals surface area contributed by atoms with E-state index in [1.54, 1.807) is 31.5 Å². The van der Waals surface area contributed by atoms with Crippen LogP contribution in [0.3, 0.4) is 0 Å². The standard InChI is InChI=1S/C30H25N3O4/c1-36-28-17-22(15-16-27(28)37-20-21-9-3-2-4-10-21)18-31-32-29(34)19-33-25-13-7-5-11-23(25)30(35)24-12-6-8-14-26(24)33/h2-18H,19-20H2,1H3,(H,32,34)/b31-18+. The Morgan fingerprint density at radius 3 is 2.19 bits per heavy atom. The number of ether oxygens (including phenoxy) is 2. The van der Waals surface area contributed by atoms with Crippen LogP contribution in [0.5, 0.6) is 11.5 Å². The van der Waals surface area contributed by atoms with Gasteiger partial charge in [-0.1, -0.05) is 54.6 Å². The maximum Gasteiger partial charge on any atom is 0.260 e. The molecule has 1 heterocycles. The monoisotopic (exact) mass is 491 g/mol. The number of amides is 1. The average Bonchev–Trinajstić information content (AvgIpc) is 2.95. The second kappa shape index (κ2) is 10.8. The van der Waals surface area contributed by atoms with E-state index in [2.05, 4.69) is 10.5 Å². The minimum absolute atomic E-state index is 0.00817. The maximum absolute atomic E-state index is 12.9. The normalized spacial score (nSPS) is 11.2. The molecule has 1 aromatic heterocycles. The van der Waals surface area contributed by atoms with Gasteiger partial charge in [-0.2, -0.15) is 5.10 Å². The second-order valence-electron chi connectivity index (χ2n) is 8.43. The van der Waals surface area contributed by atoms with Crippen LogP contribution >= 0.6 is 0 Å². The number of hydrogen-bond acceptors (Lipinski definition) is 5. The average molecular weight is 492 g/mol. The van der Waals surface area contributed by atoms with Crippen molar-refractivity contribution in [3.8, 4) is 11.5 Å². The van der Waals surface area contributed by atoms with Crippen molar-refractivity contribution in [1.82, 2.24) is 9.99 Å². The highest BCUT2D eigenvalue weighted by atomic mass is 16.5. The van der Waals surface area contributed by atoms with E-state index < -0.39 is 0 Å². The van der Waals surface area contributed by atoms with E-state index in [0.29, 0.717) is 39.9 Å². The van der Waals surface area contributed by atoms with Gasteiger partial charge in [-0.3, -0.25) is 9.59 Å². The topological polar surface area (TPSA) is 81.9 Å². The van der Waals surface area contributed by atoms with Crippen LogP contribution in [-0.2, 0) is 17.9 Å². The van der Waals surface area contributed by atoms with Crippen molar-refractivity contribution in [2.45, 2.75) is 13.2 Å². The Balaban J connectivity index is 1.30. The summed E-state index contributed by atoms with van der Waals surface area (Å²) in [6.07, 6.45) is 1.54. The Kier molecular flexibility index (Phi) is 6.94. The van der Waals surface area contributed by atoms with Gasteiger partial charge >= 0.3 is 0 Å². The van der Waals surface area contributed by atoms with Gasteiger partial charge in [0.15, 0.2) is 16.9 Å². The molecule has 5 aromatic rings. The van der Waals surface area contributed by atoms with Crippen molar-refractivity contribution < 1.29 is 14.3 Å². The van der Waals surface area contributed by atoms with Crippen molar-refractivity contribution in [3.05, 3.63) is 118 Å². The number of carbonyl (C=O) groups excluding carboxylic acids is 1. The molecule has 1 N–H and O–H groups in total. The number of para-hydroxylation sites is 2. The first-order valence-electron chi connectivity index (χ1n) is 11.8. The first-order chi connectivity index (χ1) is 18.1. The summed E-state index contributed by atoms with van der Waals surface area (Å²) in [6, 6.07) is 29.9. The Bertz CT molecular complexity index is 1600. The fourth-order valence-electron chi connectivity index (χ4n) is 4.22. The molecular formula is C30H25N3O4. The summed E-state index contributed by atoms with van der Waals surface area (Å²) in [7, 11) is 1.58. The number of benzene rings is 4. The highest BCUT2D eigenvalue weighted by Gasteiger charge is 2.12. The van der Waals surface area contributed by atoms with Crippen LogP contribution in [0.25, 0.3) is 21.8 Å². The number of rotatable bonds is 8. The molecule has 0 bridgehead atoms. The highest BCUT2D eigenvalue weighted by molar-refractivity contribution is 5.95.